The summed E-state index contributed by atoms with van der Waals surface area (Å²) in [5.41, 5.74) is 0. The predicted molar refractivity (Wildman–Crippen MR) is 87.7 cm³/mol. The molecule has 23 heavy (non-hydrogen) atoms. The number of methoxy groups -OCH3 is 2. The first-order valence-corrected chi connectivity index (χ1v) is 8.34. The number of esters is 2. The van der Waals surface area contributed by atoms with Crippen molar-refractivity contribution in [1.29, 1.82) is 0 Å². The van der Waals surface area contributed by atoms with Crippen LogP contribution in [0.5, 0.6) is 0 Å². The van der Waals surface area contributed by atoms with Crippen LogP contribution in [0.3, 0.4) is 0 Å². The molecule has 1 unspecified atom stereocenters. The van der Waals surface area contributed by atoms with E-state index in [0.717, 1.165) is 25.2 Å². The van der Waals surface area contributed by atoms with Crippen molar-refractivity contribution in [3.8, 4) is 0 Å². The van der Waals surface area contributed by atoms with Crippen molar-refractivity contribution >= 4 is 17.8 Å². The maximum atomic E-state index is 11.9. The molecule has 0 bridgehead atoms. The Balaban J connectivity index is 3.95. The molecule has 0 fully saturated rings. The molecular formula is C17H31NO5. The van der Waals surface area contributed by atoms with Crippen molar-refractivity contribution in [1.82, 2.24) is 5.32 Å². The molecule has 0 aliphatic heterocycles. The molecule has 0 radical (unpaired) electrons. The zero-order valence-corrected chi connectivity index (χ0v) is 14.9. The standard InChI is InChI=1S/C17H31NO5/c1-13(2)10-8-6-5-7-9-11-15(19)18-14(17(21)23-4)12-16(20)22-3/h13-14H,5-12H2,1-4H3,(H,18,19). The molecule has 0 aromatic carbocycles. The first-order valence-electron chi connectivity index (χ1n) is 8.34. The van der Waals surface area contributed by atoms with E-state index in [-0.39, 0.29) is 12.3 Å². The minimum atomic E-state index is -0.981. The van der Waals surface area contributed by atoms with E-state index in [4.69, 9.17) is 0 Å². The lowest BCUT2D eigenvalue weighted by Gasteiger charge is -2.15. The largest absolute Gasteiger partial charge is 0.469 e. The third-order valence-electron chi connectivity index (χ3n) is 3.60. The maximum Gasteiger partial charge on any atom is 0.328 e. The van der Waals surface area contributed by atoms with E-state index in [1.165, 1.54) is 33.5 Å². The van der Waals surface area contributed by atoms with Crippen LogP contribution in [0.4, 0.5) is 0 Å². The lowest BCUT2D eigenvalue weighted by molar-refractivity contribution is -0.150. The number of nitrogens with one attached hydrogen (secondary N) is 1. The smallest absolute Gasteiger partial charge is 0.328 e. The van der Waals surface area contributed by atoms with Crippen LogP contribution >= 0.6 is 0 Å². The van der Waals surface area contributed by atoms with E-state index in [2.05, 4.69) is 28.6 Å². The Hall–Kier alpha value is -1.59. The van der Waals surface area contributed by atoms with Crippen LogP contribution in [-0.2, 0) is 23.9 Å². The molecule has 1 N–H and O–H groups in total. The van der Waals surface area contributed by atoms with Crippen molar-refractivity contribution < 1.29 is 23.9 Å². The highest BCUT2D eigenvalue weighted by Crippen LogP contribution is 2.11. The molecule has 1 atom stereocenters. The molecule has 6 nitrogen and oxygen atoms in total. The number of hydrogen-bond donors (Lipinski definition) is 1. The number of unbranched alkanes of at least 4 members (excludes halogenated alkanes) is 4. The second kappa shape index (κ2) is 12.9. The van der Waals surface area contributed by atoms with E-state index < -0.39 is 18.0 Å². The Morgan fingerprint density at radius 3 is 2.09 bits per heavy atom. The van der Waals surface area contributed by atoms with E-state index in [0.29, 0.717) is 6.42 Å². The molecule has 0 saturated carbocycles. The minimum absolute atomic E-state index is 0.218. The van der Waals surface area contributed by atoms with Gasteiger partial charge in [-0.3, -0.25) is 9.59 Å². The summed E-state index contributed by atoms with van der Waals surface area (Å²) in [7, 11) is 2.45. The molecule has 0 aromatic rings. The fourth-order valence-electron chi connectivity index (χ4n) is 2.22. The van der Waals surface area contributed by atoms with Crippen LogP contribution < -0.4 is 5.32 Å². The second-order valence-electron chi connectivity index (χ2n) is 6.12. The molecule has 0 rings (SSSR count). The average molecular weight is 329 g/mol. The Bertz CT molecular complexity index is 368. The van der Waals surface area contributed by atoms with Gasteiger partial charge in [0.2, 0.25) is 5.91 Å². The molecule has 0 aromatic heterocycles. The van der Waals surface area contributed by atoms with Gasteiger partial charge in [-0.2, -0.15) is 0 Å². The van der Waals surface area contributed by atoms with Crippen LogP contribution in [0.25, 0.3) is 0 Å². The zero-order valence-electron chi connectivity index (χ0n) is 14.9. The van der Waals surface area contributed by atoms with Gasteiger partial charge in [-0.15, -0.1) is 0 Å². The first kappa shape index (κ1) is 21.4. The monoisotopic (exact) mass is 329 g/mol. The van der Waals surface area contributed by atoms with Crippen molar-refractivity contribution in [2.75, 3.05) is 14.2 Å². The van der Waals surface area contributed by atoms with Gasteiger partial charge in [0.1, 0.15) is 6.04 Å². The average Bonchev–Trinajstić information content (AvgIpc) is 2.51. The molecule has 0 spiro atoms. The number of amides is 1. The summed E-state index contributed by atoms with van der Waals surface area (Å²) in [5.74, 6) is -0.708. The molecule has 134 valence electrons. The van der Waals surface area contributed by atoms with Crippen LogP contribution in [-0.4, -0.2) is 38.1 Å². The highest BCUT2D eigenvalue weighted by atomic mass is 16.5. The lowest BCUT2D eigenvalue weighted by Crippen LogP contribution is -2.43. The third kappa shape index (κ3) is 11.6. The van der Waals surface area contributed by atoms with Gasteiger partial charge in [0, 0.05) is 6.42 Å². The summed E-state index contributed by atoms with van der Waals surface area (Å²) in [6, 6.07) is -0.981. The van der Waals surface area contributed by atoms with E-state index in [1.807, 2.05) is 0 Å². The summed E-state index contributed by atoms with van der Waals surface area (Å²) in [6.07, 6.45) is 6.67. The number of carbonyl (C=O) groups is 3. The third-order valence-corrected chi connectivity index (χ3v) is 3.60. The molecule has 0 aliphatic rings. The molecule has 0 saturated heterocycles. The van der Waals surface area contributed by atoms with Crippen LogP contribution in [0.2, 0.25) is 0 Å². The normalized spacial score (nSPS) is 11.9. The fourth-order valence-corrected chi connectivity index (χ4v) is 2.22. The van der Waals surface area contributed by atoms with Crippen molar-refractivity contribution in [3.63, 3.8) is 0 Å². The Labute approximate surface area is 139 Å². The minimum Gasteiger partial charge on any atom is -0.469 e. The van der Waals surface area contributed by atoms with Gasteiger partial charge < -0.3 is 14.8 Å². The van der Waals surface area contributed by atoms with Gasteiger partial charge in [0.15, 0.2) is 0 Å². The topological polar surface area (TPSA) is 81.7 Å². The van der Waals surface area contributed by atoms with Gasteiger partial charge in [-0.05, 0) is 12.3 Å². The van der Waals surface area contributed by atoms with Crippen LogP contribution in [0.15, 0.2) is 0 Å². The number of hydrogen-bond acceptors (Lipinski definition) is 5. The lowest BCUT2D eigenvalue weighted by atomic mass is 10.0. The maximum absolute atomic E-state index is 11.9. The fraction of sp³-hybridized carbons (Fsp3) is 0.824. The Kier molecular flexibility index (Phi) is 12.0. The number of ether oxygens (including phenoxy) is 2. The van der Waals surface area contributed by atoms with Gasteiger partial charge in [-0.25, -0.2) is 4.79 Å². The molecule has 0 aliphatic carbocycles. The van der Waals surface area contributed by atoms with Crippen molar-refractivity contribution in [2.45, 2.75) is 71.3 Å². The number of rotatable bonds is 12. The number of carbonyl (C=O) groups excluding carboxylic acids is 3. The first-order chi connectivity index (χ1) is 10.9. The highest BCUT2D eigenvalue weighted by molar-refractivity contribution is 5.87. The molecule has 6 heteroatoms. The Morgan fingerprint density at radius 2 is 1.52 bits per heavy atom. The summed E-state index contributed by atoms with van der Waals surface area (Å²) < 4.78 is 9.10. The van der Waals surface area contributed by atoms with E-state index >= 15 is 0 Å². The van der Waals surface area contributed by atoms with Gasteiger partial charge in [-0.1, -0.05) is 46.0 Å². The molecular weight excluding hydrogens is 298 g/mol. The van der Waals surface area contributed by atoms with Crippen LogP contribution in [0.1, 0.15) is 65.2 Å². The van der Waals surface area contributed by atoms with Crippen molar-refractivity contribution in [3.05, 3.63) is 0 Å². The van der Waals surface area contributed by atoms with Gasteiger partial charge in [0.25, 0.3) is 0 Å². The van der Waals surface area contributed by atoms with Gasteiger partial charge >= 0.3 is 11.9 Å². The molecule has 1 amide bonds. The summed E-state index contributed by atoms with van der Waals surface area (Å²) in [5, 5.41) is 2.54. The highest BCUT2D eigenvalue weighted by Gasteiger charge is 2.24. The SMILES string of the molecule is COC(=O)CC(NC(=O)CCCCCCCC(C)C)C(=O)OC. The predicted octanol–water partition coefficient (Wildman–Crippen LogP) is 2.59. The summed E-state index contributed by atoms with van der Waals surface area (Å²) in [4.78, 5) is 34.7. The van der Waals surface area contributed by atoms with E-state index in [1.54, 1.807) is 0 Å². The Morgan fingerprint density at radius 1 is 0.913 bits per heavy atom. The quantitative estimate of drug-likeness (QED) is 0.439. The summed E-state index contributed by atoms with van der Waals surface area (Å²) >= 11 is 0. The zero-order chi connectivity index (χ0) is 17.7. The van der Waals surface area contributed by atoms with Crippen LogP contribution in [0, 0.1) is 5.92 Å². The summed E-state index contributed by atoms with van der Waals surface area (Å²) in [6.45, 7) is 4.44. The van der Waals surface area contributed by atoms with Gasteiger partial charge in [0.05, 0.1) is 20.6 Å². The van der Waals surface area contributed by atoms with E-state index in [9.17, 15) is 14.4 Å². The molecule has 0 heterocycles. The second-order valence-corrected chi connectivity index (χ2v) is 6.12. The van der Waals surface area contributed by atoms with Crippen molar-refractivity contribution in [2.24, 2.45) is 5.92 Å².